The van der Waals surface area contributed by atoms with Gasteiger partial charge in [-0.2, -0.15) is 0 Å². The number of phenols is 1. The fourth-order valence-electron chi connectivity index (χ4n) is 1.75. The molecule has 0 fully saturated rings. The average molecular weight is 310 g/mol. The molecule has 96 valence electrons. The largest absolute Gasteiger partial charge is 0.508 e. The van der Waals surface area contributed by atoms with Crippen molar-refractivity contribution >= 4 is 15.9 Å². The number of rotatable bonds is 4. The Labute approximate surface area is 115 Å². The van der Waals surface area contributed by atoms with Gasteiger partial charge in [-0.1, -0.05) is 15.9 Å². The third-order valence-electron chi connectivity index (χ3n) is 2.82. The normalized spacial score (nSPS) is 12.6. The van der Waals surface area contributed by atoms with Gasteiger partial charge in [0.15, 0.2) is 0 Å². The van der Waals surface area contributed by atoms with E-state index in [1.807, 2.05) is 25.1 Å². The van der Waals surface area contributed by atoms with E-state index in [0.717, 1.165) is 21.6 Å². The molecule has 18 heavy (non-hydrogen) atoms. The van der Waals surface area contributed by atoms with Crippen LogP contribution >= 0.6 is 15.9 Å². The van der Waals surface area contributed by atoms with Crippen molar-refractivity contribution in [1.29, 1.82) is 0 Å². The van der Waals surface area contributed by atoms with Crippen LogP contribution in [-0.4, -0.2) is 5.11 Å². The van der Waals surface area contributed by atoms with Crippen molar-refractivity contribution < 1.29 is 9.52 Å². The van der Waals surface area contributed by atoms with E-state index in [1.54, 1.807) is 12.1 Å². The van der Waals surface area contributed by atoms with Crippen LogP contribution in [0, 0.1) is 6.92 Å². The molecule has 3 nitrogen and oxygen atoms in total. The van der Waals surface area contributed by atoms with Crippen molar-refractivity contribution in [2.24, 2.45) is 0 Å². The van der Waals surface area contributed by atoms with E-state index < -0.39 is 0 Å². The molecule has 1 aromatic carbocycles. The molecule has 0 saturated carbocycles. The minimum absolute atomic E-state index is 0.132. The highest BCUT2D eigenvalue weighted by atomic mass is 79.9. The summed E-state index contributed by atoms with van der Waals surface area (Å²) in [6, 6.07) is 9.31. The minimum Gasteiger partial charge on any atom is -0.508 e. The molecule has 0 bridgehead atoms. The highest BCUT2D eigenvalue weighted by Crippen LogP contribution is 2.23. The van der Waals surface area contributed by atoms with Crippen LogP contribution in [0.15, 0.2) is 39.2 Å². The fraction of sp³-hybridized carbons (Fsp3) is 0.286. The molecular weight excluding hydrogens is 294 g/mol. The number of furan rings is 1. The van der Waals surface area contributed by atoms with Crippen LogP contribution in [0.2, 0.25) is 0 Å². The summed E-state index contributed by atoms with van der Waals surface area (Å²) in [7, 11) is 0. The highest BCUT2D eigenvalue weighted by Gasteiger charge is 2.10. The Kier molecular flexibility index (Phi) is 4.09. The lowest BCUT2D eigenvalue weighted by Crippen LogP contribution is -2.17. The van der Waals surface area contributed by atoms with Crippen LogP contribution in [0.25, 0.3) is 0 Å². The second-order valence-corrected chi connectivity index (χ2v) is 5.18. The smallest absolute Gasteiger partial charge is 0.120 e. The van der Waals surface area contributed by atoms with Crippen LogP contribution in [0.3, 0.4) is 0 Å². The molecule has 0 amide bonds. The molecule has 0 aliphatic rings. The van der Waals surface area contributed by atoms with Gasteiger partial charge in [-0.25, -0.2) is 0 Å². The summed E-state index contributed by atoms with van der Waals surface area (Å²) in [5.41, 5.74) is 1.02. The summed E-state index contributed by atoms with van der Waals surface area (Å²) in [6.07, 6.45) is 0. The molecule has 0 aliphatic heterocycles. The van der Waals surface area contributed by atoms with Crippen LogP contribution in [0.5, 0.6) is 5.75 Å². The van der Waals surface area contributed by atoms with Gasteiger partial charge in [0.05, 0.1) is 6.04 Å². The van der Waals surface area contributed by atoms with Gasteiger partial charge < -0.3 is 14.8 Å². The van der Waals surface area contributed by atoms with E-state index in [4.69, 9.17) is 4.42 Å². The fourth-order valence-corrected chi connectivity index (χ4v) is 2.13. The van der Waals surface area contributed by atoms with Crippen molar-refractivity contribution in [1.82, 2.24) is 5.32 Å². The van der Waals surface area contributed by atoms with E-state index in [0.29, 0.717) is 6.54 Å². The molecule has 2 aromatic rings. The predicted octanol–water partition coefficient (Wildman–Crippen LogP) is 3.91. The van der Waals surface area contributed by atoms with E-state index in [-0.39, 0.29) is 11.8 Å². The zero-order valence-corrected chi connectivity index (χ0v) is 12.0. The third-order valence-corrected chi connectivity index (χ3v) is 3.59. The summed E-state index contributed by atoms with van der Waals surface area (Å²) in [4.78, 5) is 0. The lowest BCUT2D eigenvalue weighted by molar-refractivity contribution is 0.415. The van der Waals surface area contributed by atoms with Crippen molar-refractivity contribution in [2.45, 2.75) is 26.4 Å². The van der Waals surface area contributed by atoms with Gasteiger partial charge in [-0.15, -0.1) is 0 Å². The second-order valence-electron chi connectivity index (χ2n) is 4.33. The lowest BCUT2D eigenvalue weighted by Gasteiger charge is -2.12. The van der Waals surface area contributed by atoms with Gasteiger partial charge in [0.2, 0.25) is 0 Å². The monoisotopic (exact) mass is 309 g/mol. The zero-order chi connectivity index (χ0) is 13.1. The molecule has 4 heteroatoms. The van der Waals surface area contributed by atoms with Gasteiger partial charge >= 0.3 is 0 Å². The number of phenolic OH excluding ortho intramolecular Hbond substituents is 1. The molecule has 0 aliphatic carbocycles. The summed E-state index contributed by atoms with van der Waals surface area (Å²) in [5.74, 6) is 2.11. The summed E-state index contributed by atoms with van der Waals surface area (Å²) >= 11 is 3.47. The Morgan fingerprint density at radius 3 is 2.78 bits per heavy atom. The molecule has 1 atom stereocenters. The third kappa shape index (κ3) is 3.15. The lowest BCUT2D eigenvalue weighted by atomic mass is 10.2. The Morgan fingerprint density at radius 2 is 2.11 bits per heavy atom. The van der Waals surface area contributed by atoms with Gasteiger partial charge in [0.1, 0.15) is 17.3 Å². The molecule has 0 spiro atoms. The van der Waals surface area contributed by atoms with Crippen LogP contribution in [-0.2, 0) is 6.54 Å². The quantitative estimate of drug-likeness (QED) is 0.900. The average Bonchev–Trinajstić information content (AvgIpc) is 2.77. The Balaban J connectivity index is 2.01. The molecule has 2 rings (SSSR count). The van der Waals surface area contributed by atoms with Gasteiger partial charge in [0, 0.05) is 11.0 Å². The minimum atomic E-state index is 0.132. The molecular formula is C14H16BrNO2. The van der Waals surface area contributed by atoms with Crippen LogP contribution in [0.1, 0.15) is 30.0 Å². The van der Waals surface area contributed by atoms with Crippen LogP contribution < -0.4 is 5.32 Å². The highest BCUT2D eigenvalue weighted by molar-refractivity contribution is 9.10. The maximum atomic E-state index is 9.46. The Morgan fingerprint density at radius 1 is 1.33 bits per heavy atom. The Hall–Kier alpha value is -1.26. The van der Waals surface area contributed by atoms with E-state index in [2.05, 4.69) is 28.2 Å². The zero-order valence-electron chi connectivity index (χ0n) is 10.4. The van der Waals surface area contributed by atoms with Gasteiger partial charge in [-0.3, -0.25) is 0 Å². The van der Waals surface area contributed by atoms with Gasteiger partial charge in [-0.05, 0) is 49.7 Å². The topological polar surface area (TPSA) is 45.4 Å². The van der Waals surface area contributed by atoms with Crippen molar-refractivity contribution in [2.75, 3.05) is 0 Å². The standard InChI is InChI=1S/C14H16BrNO2/c1-9-3-6-14(18-9)10(2)16-8-11-7-12(17)4-5-13(11)15/h3-7,10,16-17H,8H2,1-2H3. The van der Waals surface area contributed by atoms with Crippen molar-refractivity contribution in [3.05, 3.63) is 51.9 Å². The summed E-state index contributed by atoms with van der Waals surface area (Å²) in [5, 5.41) is 12.8. The first kappa shape index (κ1) is 13.2. The number of hydrogen-bond donors (Lipinski definition) is 2. The molecule has 1 unspecified atom stereocenters. The number of halogens is 1. The first-order valence-corrected chi connectivity index (χ1v) is 6.62. The molecule has 0 saturated heterocycles. The first-order valence-electron chi connectivity index (χ1n) is 5.83. The SMILES string of the molecule is Cc1ccc(C(C)NCc2cc(O)ccc2Br)o1. The number of aryl methyl sites for hydroxylation is 1. The van der Waals surface area contributed by atoms with E-state index in [1.165, 1.54) is 0 Å². The Bertz CT molecular complexity index is 536. The first-order chi connectivity index (χ1) is 8.56. The number of nitrogens with one attached hydrogen (secondary N) is 1. The maximum absolute atomic E-state index is 9.46. The van der Waals surface area contributed by atoms with Crippen molar-refractivity contribution in [3.8, 4) is 5.75 Å². The van der Waals surface area contributed by atoms with Crippen LogP contribution in [0.4, 0.5) is 0 Å². The summed E-state index contributed by atoms with van der Waals surface area (Å²) in [6.45, 7) is 4.65. The van der Waals surface area contributed by atoms with Gasteiger partial charge in [0.25, 0.3) is 0 Å². The molecule has 1 aromatic heterocycles. The maximum Gasteiger partial charge on any atom is 0.120 e. The number of hydrogen-bond acceptors (Lipinski definition) is 3. The molecule has 1 heterocycles. The van der Waals surface area contributed by atoms with E-state index >= 15 is 0 Å². The predicted molar refractivity (Wildman–Crippen MR) is 74.5 cm³/mol. The van der Waals surface area contributed by atoms with E-state index in [9.17, 15) is 5.11 Å². The summed E-state index contributed by atoms with van der Waals surface area (Å²) < 4.78 is 6.55. The molecule has 0 radical (unpaired) electrons. The second kappa shape index (κ2) is 5.59. The van der Waals surface area contributed by atoms with Crippen molar-refractivity contribution in [3.63, 3.8) is 0 Å². The molecule has 2 N–H and O–H groups in total. The number of benzene rings is 1. The number of aromatic hydroxyl groups is 1.